The number of nitrogens with one attached hydrogen (secondary N) is 1. The van der Waals surface area contributed by atoms with Crippen molar-refractivity contribution in [3.8, 4) is 0 Å². The van der Waals surface area contributed by atoms with E-state index in [1.807, 2.05) is 32.0 Å². The third-order valence-corrected chi connectivity index (χ3v) is 6.28. The van der Waals surface area contributed by atoms with Crippen LogP contribution in [0.1, 0.15) is 57.7 Å². The minimum atomic E-state index is -3.46. The number of rotatable bonds is 4. The van der Waals surface area contributed by atoms with Crippen LogP contribution in [0.5, 0.6) is 0 Å². The van der Waals surface area contributed by atoms with E-state index in [1.165, 1.54) is 9.87 Å². The van der Waals surface area contributed by atoms with E-state index in [4.69, 9.17) is 0 Å². The molecular formula is C16H26N2O2S. The molecule has 1 unspecified atom stereocenters. The van der Waals surface area contributed by atoms with Gasteiger partial charge < -0.3 is 0 Å². The highest BCUT2D eigenvalue weighted by atomic mass is 32.2. The Bertz CT molecular complexity index is 608. The first-order chi connectivity index (χ1) is 9.65. The second-order valence-electron chi connectivity index (χ2n) is 6.80. The summed E-state index contributed by atoms with van der Waals surface area (Å²) in [6, 6.07) is 7.96. The summed E-state index contributed by atoms with van der Waals surface area (Å²) in [4.78, 5) is 0. The summed E-state index contributed by atoms with van der Waals surface area (Å²) >= 11 is 0. The Balaban J connectivity index is 2.31. The van der Waals surface area contributed by atoms with Gasteiger partial charge in [-0.3, -0.25) is 0 Å². The lowest BCUT2D eigenvalue weighted by molar-refractivity contribution is 0.361. The van der Waals surface area contributed by atoms with E-state index in [9.17, 15) is 8.42 Å². The lowest BCUT2D eigenvalue weighted by Gasteiger charge is -2.38. The Morgan fingerprint density at radius 3 is 2.52 bits per heavy atom. The molecule has 118 valence electrons. The molecule has 0 amide bonds. The normalized spacial score (nSPS) is 21.6. The van der Waals surface area contributed by atoms with E-state index < -0.39 is 10.2 Å². The van der Waals surface area contributed by atoms with Crippen LogP contribution >= 0.6 is 0 Å². The highest BCUT2D eigenvalue weighted by molar-refractivity contribution is 7.87. The summed E-state index contributed by atoms with van der Waals surface area (Å²) in [5.74, 6) is 0. The van der Waals surface area contributed by atoms with Crippen LogP contribution in [0.3, 0.4) is 0 Å². The van der Waals surface area contributed by atoms with Gasteiger partial charge in [0.15, 0.2) is 0 Å². The summed E-state index contributed by atoms with van der Waals surface area (Å²) < 4.78 is 29.1. The molecule has 0 aliphatic heterocycles. The quantitative estimate of drug-likeness (QED) is 0.929. The van der Waals surface area contributed by atoms with Crippen LogP contribution < -0.4 is 4.72 Å². The molecule has 1 N–H and O–H groups in total. The Hall–Kier alpha value is -0.910. The van der Waals surface area contributed by atoms with Crippen molar-refractivity contribution in [3.63, 3.8) is 0 Å². The standard InChI is InChI=1S/C16H26N2O2S/c1-12(2)18(5)21(19,20)17-15-10-11-16(3,4)14-9-7-6-8-13(14)15/h6-9,12,15,17H,10-11H2,1-5H3. The average Bonchev–Trinajstić information content (AvgIpc) is 2.41. The third-order valence-electron chi connectivity index (χ3n) is 4.52. The van der Waals surface area contributed by atoms with Gasteiger partial charge in [0.05, 0.1) is 0 Å². The van der Waals surface area contributed by atoms with Crippen LogP contribution in [0.4, 0.5) is 0 Å². The molecule has 0 aromatic heterocycles. The molecule has 1 atom stereocenters. The van der Waals surface area contributed by atoms with Crippen LogP contribution in [0.25, 0.3) is 0 Å². The first-order valence-corrected chi connectivity index (χ1v) is 8.94. The predicted octanol–water partition coefficient (Wildman–Crippen LogP) is 2.97. The molecular weight excluding hydrogens is 284 g/mol. The molecule has 5 heteroatoms. The van der Waals surface area contributed by atoms with Crippen molar-refractivity contribution in [3.05, 3.63) is 35.4 Å². The SMILES string of the molecule is CC(C)N(C)S(=O)(=O)NC1CCC(C)(C)c2ccccc21. The van der Waals surface area contributed by atoms with Crippen molar-refractivity contribution >= 4 is 10.2 Å². The molecule has 0 heterocycles. The van der Waals surface area contributed by atoms with Crippen LogP contribution in [0.2, 0.25) is 0 Å². The fourth-order valence-electron chi connectivity index (χ4n) is 2.88. The van der Waals surface area contributed by atoms with Gasteiger partial charge in [0, 0.05) is 19.1 Å². The van der Waals surface area contributed by atoms with E-state index in [1.54, 1.807) is 7.05 Å². The van der Waals surface area contributed by atoms with Gasteiger partial charge in [0.2, 0.25) is 0 Å². The maximum atomic E-state index is 12.4. The lowest BCUT2D eigenvalue weighted by atomic mass is 9.71. The summed E-state index contributed by atoms with van der Waals surface area (Å²) in [7, 11) is -1.84. The van der Waals surface area contributed by atoms with E-state index >= 15 is 0 Å². The molecule has 21 heavy (non-hydrogen) atoms. The molecule has 0 fully saturated rings. The van der Waals surface area contributed by atoms with Gasteiger partial charge in [-0.25, -0.2) is 0 Å². The van der Waals surface area contributed by atoms with Crippen molar-refractivity contribution in [2.45, 2.75) is 58.0 Å². The first kappa shape index (κ1) is 16.5. The second-order valence-corrected chi connectivity index (χ2v) is 8.56. The van der Waals surface area contributed by atoms with E-state index in [2.05, 4.69) is 24.6 Å². The van der Waals surface area contributed by atoms with Crippen molar-refractivity contribution in [2.24, 2.45) is 0 Å². The minimum absolute atomic E-state index is 0.0576. The van der Waals surface area contributed by atoms with Gasteiger partial charge >= 0.3 is 0 Å². The van der Waals surface area contributed by atoms with Crippen molar-refractivity contribution in [1.82, 2.24) is 9.03 Å². The Morgan fingerprint density at radius 1 is 1.29 bits per heavy atom. The fraction of sp³-hybridized carbons (Fsp3) is 0.625. The summed E-state index contributed by atoms with van der Waals surface area (Å²) in [6.07, 6.45) is 1.80. The van der Waals surface area contributed by atoms with Crippen molar-refractivity contribution in [2.75, 3.05) is 7.05 Å². The fourth-order valence-corrected chi connectivity index (χ4v) is 4.20. The smallest absolute Gasteiger partial charge is 0.195 e. The largest absolute Gasteiger partial charge is 0.279 e. The number of hydrogen-bond acceptors (Lipinski definition) is 2. The van der Waals surface area contributed by atoms with Gasteiger partial charge in [-0.1, -0.05) is 38.1 Å². The van der Waals surface area contributed by atoms with E-state index in [0.717, 1.165) is 18.4 Å². The molecule has 1 aliphatic rings. The van der Waals surface area contributed by atoms with Crippen LogP contribution in [0, 0.1) is 0 Å². The summed E-state index contributed by atoms with van der Waals surface area (Å²) in [5.41, 5.74) is 2.45. The molecule has 0 saturated carbocycles. The lowest BCUT2D eigenvalue weighted by Crippen LogP contribution is -2.45. The van der Waals surface area contributed by atoms with E-state index in [0.29, 0.717) is 0 Å². The molecule has 1 aliphatic carbocycles. The molecule has 1 aromatic carbocycles. The zero-order valence-corrected chi connectivity index (χ0v) is 14.4. The number of benzene rings is 1. The summed E-state index contributed by atoms with van der Waals surface area (Å²) in [6.45, 7) is 8.18. The Morgan fingerprint density at radius 2 is 1.90 bits per heavy atom. The van der Waals surface area contributed by atoms with Gasteiger partial charge in [-0.05, 0) is 43.2 Å². The van der Waals surface area contributed by atoms with Crippen molar-refractivity contribution in [1.29, 1.82) is 0 Å². The summed E-state index contributed by atoms with van der Waals surface area (Å²) in [5, 5.41) is 0. The maximum absolute atomic E-state index is 12.4. The average molecular weight is 310 g/mol. The topological polar surface area (TPSA) is 49.4 Å². The van der Waals surface area contributed by atoms with Gasteiger partial charge in [0.1, 0.15) is 0 Å². The zero-order chi connectivity index (χ0) is 15.8. The van der Waals surface area contributed by atoms with E-state index in [-0.39, 0.29) is 17.5 Å². The van der Waals surface area contributed by atoms with Crippen LogP contribution in [0.15, 0.2) is 24.3 Å². The molecule has 0 bridgehead atoms. The number of fused-ring (bicyclic) bond motifs is 1. The molecule has 2 rings (SSSR count). The van der Waals surface area contributed by atoms with Gasteiger partial charge in [0.25, 0.3) is 10.2 Å². The second kappa shape index (κ2) is 5.71. The minimum Gasteiger partial charge on any atom is -0.195 e. The molecule has 0 saturated heterocycles. The monoisotopic (exact) mass is 310 g/mol. The molecule has 4 nitrogen and oxygen atoms in total. The molecule has 0 spiro atoms. The van der Waals surface area contributed by atoms with Gasteiger partial charge in [-0.2, -0.15) is 17.4 Å². The highest BCUT2D eigenvalue weighted by Gasteiger charge is 2.35. The highest BCUT2D eigenvalue weighted by Crippen LogP contribution is 2.41. The van der Waals surface area contributed by atoms with Crippen LogP contribution in [-0.2, 0) is 15.6 Å². The Labute approximate surface area is 128 Å². The van der Waals surface area contributed by atoms with Crippen LogP contribution in [-0.4, -0.2) is 25.8 Å². The molecule has 0 radical (unpaired) electrons. The molecule has 1 aromatic rings. The third kappa shape index (κ3) is 3.30. The number of hydrogen-bond donors (Lipinski definition) is 1. The zero-order valence-electron chi connectivity index (χ0n) is 13.6. The predicted molar refractivity (Wildman–Crippen MR) is 86.4 cm³/mol. The Kier molecular flexibility index (Phi) is 4.47. The van der Waals surface area contributed by atoms with Gasteiger partial charge in [-0.15, -0.1) is 0 Å². The van der Waals surface area contributed by atoms with Crippen molar-refractivity contribution < 1.29 is 8.42 Å². The number of nitrogens with zero attached hydrogens (tertiary/aromatic N) is 1. The first-order valence-electron chi connectivity index (χ1n) is 7.50. The maximum Gasteiger partial charge on any atom is 0.279 e.